The maximum atomic E-state index is 12.3. The molecule has 1 aliphatic heterocycles. The van der Waals surface area contributed by atoms with Crippen LogP contribution in [0, 0.1) is 5.92 Å². The summed E-state index contributed by atoms with van der Waals surface area (Å²) in [7, 11) is 0. The quantitative estimate of drug-likeness (QED) is 0.793. The fourth-order valence-electron chi connectivity index (χ4n) is 3.11. The molecule has 0 spiro atoms. The lowest BCUT2D eigenvalue weighted by Gasteiger charge is -2.23. The number of nitrogens with zero attached hydrogens (tertiary/aromatic N) is 1. The van der Waals surface area contributed by atoms with E-state index in [0.29, 0.717) is 11.3 Å². The molecule has 0 aromatic heterocycles. The number of carbonyl (C=O) groups is 3. The van der Waals surface area contributed by atoms with Crippen LogP contribution >= 0.6 is 0 Å². The second-order valence-electron chi connectivity index (χ2n) is 5.54. The third kappa shape index (κ3) is 2.15. The molecule has 0 atom stereocenters. The van der Waals surface area contributed by atoms with Crippen LogP contribution in [-0.2, 0) is 9.59 Å². The number of para-hydroxylation sites is 1. The smallest absolute Gasteiger partial charge is 0.297 e. The Morgan fingerprint density at radius 1 is 1.10 bits per heavy atom. The average Bonchev–Trinajstić information content (AvgIpc) is 2.74. The van der Waals surface area contributed by atoms with Crippen molar-refractivity contribution in [1.29, 1.82) is 0 Å². The van der Waals surface area contributed by atoms with Crippen molar-refractivity contribution in [2.75, 3.05) is 11.4 Å². The van der Waals surface area contributed by atoms with Gasteiger partial charge in [-0.2, -0.15) is 0 Å². The Morgan fingerprint density at radius 2 is 1.80 bits per heavy atom. The van der Waals surface area contributed by atoms with Crippen molar-refractivity contribution in [3.8, 4) is 0 Å². The molecule has 1 aromatic rings. The van der Waals surface area contributed by atoms with Gasteiger partial charge in [0.1, 0.15) is 0 Å². The summed E-state index contributed by atoms with van der Waals surface area (Å²) in [5.74, 6) is -0.936. The highest BCUT2D eigenvalue weighted by Gasteiger charge is 2.37. The van der Waals surface area contributed by atoms with E-state index >= 15 is 0 Å². The summed E-state index contributed by atoms with van der Waals surface area (Å²) in [4.78, 5) is 37.5. The van der Waals surface area contributed by atoms with Gasteiger partial charge in [0.2, 0.25) is 0 Å². The number of ketones is 2. The first-order chi connectivity index (χ1) is 9.68. The number of anilines is 1. The first-order valence-electron chi connectivity index (χ1n) is 7.16. The third-order valence-corrected chi connectivity index (χ3v) is 4.25. The molecular weight excluding hydrogens is 254 g/mol. The van der Waals surface area contributed by atoms with Gasteiger partial charge in [0.25, 0.3) is 11.7 Å². The highest BCUT2D eigenvalue weighted by atomic mass is 16.2. The topological polar surface area (TPSA) is 54.5 Å². The van der Waals surface area contributed by atoms with Crippen molar-refractivity contribution in [1.82, 2.24) is 0 Å². The molecule has 1 amide bonds. The molecule has 104 valence electrons. The largest absolute Gasteiger partial charge is 0.299 e. The van der Waals surface area contributed by atoms with E-state index in [1.165, 1.54) is 11.3 Å². The van der Waals surface area contributed by atoms with Crippen LogP contribution in [0.3, 0.4) is 0 Å². The van der Waals surface area contributed by atoms with Gasteiger partial charge in [0.05, 0.1) is 17.8 Å². The maximum Gasteiger partial charge on any atom is 0.299 e. The molecule has 0 radical (unpaired) electrons. The van der Waals surface area contributed by atoms with E-state index in [9.17, 15) is 14.4 Å². The van der Waals surface area contributed by atoms with Gasteiger partial charge < -0.3 is 0 Å². The standard InChI is InChI=1S/C16H17NO3/c18-14(11-6-2-1-3-7-11)10-17-13-9-5-4-8-12(13)15(19)16(17)20/h4-5,8-9,11H,1-3,6-7,10H2. The number of amides is 1. The lowest BCUT2D eigenvalue weighted by atomic mass is 9.86. The molecular formula is C16H17NO3. The second kappa shape index (κ2) is 5.19. The lowest BCUT2D eigenvalue weighted by molar-refractivity contribution is -0.124. The van der Waals surface area contributed by atoms with E-state index in [1.807, 2.05) is 0 Å². The van der Waals surface area contributed by atoms with Crippen molar-refractivity contribution < 1.29 is 14.4 Å². The molecule has 20 heavy (non-hydrogen) atoms. The Morgan fingerprint density at radius 3 is 2.55 bits per heavy atom. The molecule has 0 bridgehead atoms. The summed E-state index contributed by atoms with van der Waals surface area (Å²) in [5, 5.41) is 0. The molecule has 1 aromatic carbocycles. The lowest BCUT2D eigenvalue weighted by Crippen LogP contribution is -2.37. The number of Topliss-reactive ketones (excluding diaryl/α,β-unsaturated/α-hetero) is 2. The number of rotatable bonds is 3. The van der Waals surface area contributed by atoms with Crippen LogP contribution < -0.4 is 4.90 Å². The fourth-order valence-corrected chi connectivity index (χ4v) is 3.11. The Bertz CT molecular complexity index is 573. The van der Waals surface area contributed by atoms with E-state index in [2.05, 4.69) is 0 Å². The molecule has 1 heterocycles. The third-order valence-electron chi connectivity index (χ3n) is 4.25. The Hall–Kier alpha value is -1.97. The van der Waals surface area contributed by atoms with Crippen LogP contribution in [0.15, 0.2) is 24.3 Å². The van der Waals surface area contributed by atoms with Crippen LogP contribution in [0.1, 0.15) is 42.5 Å². The second-order valence-corrected chi connectivity index (χ2v) is 5.54. The van der Waals surface area contributed by atoms with Gasteiger partial charge in [-0.15, -0.1) is 0 Å². The van der Waals surface area contributed by atoms with E-state index in [4.69, 9.17) is 0 Å². The van der Waals surface area contributed by atoms with Gasteiger partial charge in [-0.05, 0) is 25.0 Å². The van der Waals surface area contributed by atoms with Crippen LogP contribution in [0.25, 0.3) is 0 Å². The van der Waals surface area contributed by atoms with Crippen molar-refractivity contribution in [3.63, 3.8) is 0 Å². The maximum absolute atomic E-state index is 12.3. The molecule has 0 N–H and O–H groups in total. The van der Waals surface area contributed by atoms with Crippen molar-refractivity contribution in [3.05, 3.63) is 29.8 Å². The van der Waals surface area contributed by atoms with Crippen molar-refractivity contribution in [2.24, 2.45) is 5.92 Å². The van der Waals surface area contributed by atoms with Gasteiger partial charge in [-0.3, -0.25) is 19.3 Å². The highest BCUT2D eigenvalue weighted by Crippen LogP contribution is 2.30. The first-order valence-corrected chi connectivity index (χ1v) is 7.16. The monoisotopic (exact) mass is 271 g/mol. The zero-order valence-corrected chi connectivity index (χ0v) is 11.3. The van der Waals surface area contributed by atoms with Gasteiger partial charge in [-0.25, -0.2) is 0 Å². The summed E-state index contributed by atoms with van der Waals surface area (Å²) >= 11 is 0. The normalized spacial score (nSPS) is 19.3. The Kier molecular flexibility index (Phi) is 3.38. The summed E-state index contributed by atoms with van der Waals surface area (Å²) in [6.07, 6.45) is 5.18. The van der Waals surface area contributed by atoms with Gasteiger partial charge in [-0.1, -0.05) is 31.4 Å². The minimum absolute atomic E-state index is 0.0340. The van der Waals surface area contributed by atoms with E-state index < -0.39 is 11.7 Å². The molecule has 4 heteroatoms. The number of hydrogen-bond donors (Lipinski definition) is 0. The van der Waals surface area contributed by atoms with Crippen LogP contribution in [0.5, 0.6) is 0 Å². The van der Waals surface area contributed by atoms with Crippen molar-refractivity contribution >= 4 is 23.2 Å². The Labute approximate surface area is 117 Å². The van der Waals surface area contributed by atoms with E-state index in [0.717, 1.165) is 25.7 Å². The van der Waals surface area contributed by atoms with E-state index in [1.54, 1.807) is 24.3 Å². The molecule has 3 rings (SSSR count). The van der Waals surface area contributed by atoms with Gasteiger partial charge in [0, 0.05) is 5.92 Å². The summed E-state index contributed by atoms with van der Waals surface area (Å²) < 4.78 is 0. The van der Waals surface area contributed by atoms with Gasteiger partial charge >= 0.3 is 0 Å². The molecule has 0 saturated heterocycles. The summed E-state index contributed by atoms with van der Waals surface area (Å²) in [5.41, 5.74) is 0.987. The average molecular weight is 271 g/mol. The van der Waals surface area contributed by atoms with Gasteiger partial charge in [0.15, 0.2) is 5.78 Å². The van der Waals surface area contributed by atoms with Crippen LogP contribution in [-0.4, -0.2) is 24.0 Å². The fraction of sp³-hybridized carbons (Fsp3) is 0.438. The molecule has 1 aliphatic carbocycles. The zero-order chi connectivity index (χ0) is 14.1. The number of carbonyl (C=O) groups excluding carboxylic acids is 3. The van der Waals surface area contributed by atoms with E-state index in [-0.39, 0.29) is 18.2 Å². The zero-order valence-electron chi connectivity index (χ0n) is 11.3. The molecule has 2 aliphatic rings. The molecule has 1 saturated carbocycles. The minimum atomic E-state index is -0.574. The molecule has 1 fully saturated rings. The predicted molar refractivity (Wildman–Crippen MR) is 74.7 cm³/mol. The SMILES string of the molecule is O=C1C(=O)N(CC(=O)C2CCCCC2)c2ccccc21. The molecule has 0 unspecified atom stereocenters. The summed E-state index contributed by atoms with van der Waals surface area (Å²) in [6.45, 7) is 0.0340. The number of hydrogen-bond acceptors (Lipinski definition) is 3. The predicted octanol–water partition coefficient (Wildman–Crippen LogP) is 2.37. The minimum Gasteiger partial charge on any atom is -0.297 e. The van der Waals surface area contributed by atoms with Crippen LogP contribution in [0.2, 0.25) is 0 Å². The number of fused-ring (bicyclic) bond motifs is 1. The highest BCUT2D eigenvalue weighted by molar-refractivity contribution is 6.52. The summed E-state index contributed by atoms with van der Waals surface area (Å²) in [6, 6.07) is 6.88. The number of benzene rings is 1. The first kappa shape index (κ1) is 13.0. The Balaban J connectivity index is 1.79. The van der Waals surface area contributed by atoms with Crippen LogP contribution in [0.4, 0.5) is 5.69 Å². The van der Waals surface area contributed by atoms with Crippen molar-refractivity contribution in [2.45, 2.75) is 32.1 Å². The molecule has 4 nitrogen and oxygen atoms in total.